The molecule has 2 aliphatic heterocycles. The Kier molecular flexibility index (Phi) is 3.03. The molecular formula is C12H20N4O. The van der Waals surface area contributed by atoms with E-state index >= 15 is 0 Å². The van der Waals surface area contributed by atoms with Gasteiger partial charge in [0.05, 0.1) is 6.61 Å². The van der Waals surface area contributed by atoms with Crippen LogP contribution < -0.4 is 10.2 Å². The third kappa shape index (κ3) is 2.05. The minimum Gasteiger partial charge on any atom is -0.383 e. The number of hydrogen-bond acceptors (Lipinski definition) is 4. The van der Waals surface area contributed by atoms with Crippen molar-refractivity contribution < 1.29 is 4.74 Å². The van der Waals surface area contributed by atoms with Gasteiger partial charge in [0.2, 0.25) is 5.95 Å². The van der Waals surface area contributed by atoms with Crippen LogP contribution in [-0.2, 0) is 11.3 Å². The largest absolute Gasteiger partial charge is 0.383 e. The average molecular weight is 236 g/mol. The molecule has 1 aromatic rings. The number of hydrogen-bond donors (Lipinski definition) is 1. The van der Waals surface area contributed by atoms with Gasteiger partial charge in [0.25, 0.3) is 0 Å². The summed E-state index contributed by atoms with van der Waals surface area (Å²) in [5.74, 6) is 2.72. The summed E-state index contributed by atoms with van der Waals surface area (Å²) in [7, 11) is 1.74. The van der Waals surface area contributed by atoms with Crippen LogP contribution in [0.1, 0.15) is 0 Å². The zero-order valence-corrected chi connectivity index (χ0v) is 10.3. The van der Waals surface area contributed by atoms with Crippen molar-refractivity contribution in [2.24, 2.45) is 11.8 Å². The molecule has 5 nitrogen and oxygen atoms in total. The number of rotatable bonds is 4. The first-order chi connectivity index (χ1) is 8.38. The monoisotopic (exact) mass is 236 g/mol. The second-order valence-electron chi connectivity index (χ2n) is 5.00. The second-order valence-corrected chi connectivity index (χ2v) is 5.00. The molecule has 3 rings (SSSR count). The van der Waals surface area contributed by atoms with E-state index in [0.717, 1.165) is 44.0 Å². The molecular weight excluding hydrogens is 216 g/mol. The number of fused-ring (bicyclic) bond motifs is 1. The highest BCUT2D eigenvalue weighted by molar-refractivity contribution is 5.34. The van der Waals surface area contributed by atoms with Crippen molar-refractivity contribution in [1.82, 2.24) is 14.9 Å². The highest BCUT2D eigenvalue weighted by atomic mass is 16.5. The van der Waals surface area contributed by atoms with E-state index < -0.39 is 0 Å². The van der Waals surface area contributed by atoms with Gasteiger partial charge in [0.15, 0.2) is 0 Å². The first-order valence-electron chi connectivity index (χ1n) is 6.34. The maximum absolute atomic E-state index is 5.13. The maximum atomic E-state index is 5.13. The lowest BCUT2D eigenvalue weighted by atomic mass is 10.0. The minimum absolute atomic E-state index is 0.742. The number of ether oxygens (including phenoxy) is 1. The van der Waals surface area contributed by atoms with Gasteiger partial charge in [-0.25, -0.2) is 4.98 Å². The van der Waals surface area contributed by atoms with Gasteiger partial charge in [0.1, 0.15) is 0 Å². The van der Waals surface area contributed by atoms with Crippen molar-refractivity contribution in [3.05, 3.63) is 12.4 Å². The van der Waals surface area contributed by atoms with E-state index in [0.29, 0.717) is 0 Å². The van der Waals surface area contributed by atoms with E-state index in [2.05, 4.69) is 19.8 Å². The fourth-order valence-corrected chi connectivity index (χ4v) is 2.97. The quantitative estimate of drug-likeness (QED) is 0.810. The van der Waals surface area contributed by atoms with Crippen LogP contribution in [0.2, 0.25) is 0 Å². The molecule has 0 saturated carbocycles. The van der Waals surface area contributed by atoms with Crippen molar-refractivity contribution in [1.29, 1.82) is 0 Å². The van der Waals surface area contributed by atoms with Crippen LogP contribution in [-0.4, -0.2) is 49.4 Å². The van der Waals surface area contributed by atoms with Crippen molar-refractivity contribution in [3.63, 3.8) is 0 Å². The molecule has 17 heavy (non-hydrogen) atoms. The number of aromatic nitrogens is 2. The topological polar surface area (TPSA) is 42.3 Å². The van der Waals surface area contributed by atoms with Gasteiger partial charge in [-0.3, -0.25) is 0 Å². The Bertz CT molecular complexity index is 366. The second kappa shape index (κ2) is 4.66. The predicted octanol–water partition coefficient (Wildman–Crippen LogP) is 0.185. The number of nitrogens with one attached hydrogen (secondary N) is 1. The Labute approximate surface area is 102 Å². The number of methoxy groups -OCH3 is 1. The molecule has 94 valence electrons. The summed E-state index contributed by atoms with van der Waals surface area (Å²) >= 11 is 0. The van der Waals surface area contributed by atoms with Gasteiger partial charge in [-0.1, -0.05) is 0 Å². The lowest BCUT2D eigenvalue weighted by molar-refractivity contribution is 0.187. The molecule has 2 saturated heterocycles. The lowest BCUT2D eigenvalue weighted by Crippen LogP contribution is -2.28. The van der Waals surface area contributed by atoms with Gasteiger partial charge in [-0.05, 0) is 11.8 Å². The zero-order chi connectivity index (χ0) is 11.7. The van der Waals surface area contributed by atoms with Gasteiger partial charge >= 0.3 is 0 Å². The van der Waals surface area contributed by atoms with Gasteiger partial charge < -0.3 is 19.5 Å². The van der Waals surface area contributed by atoms with Crippen LogP contribution in [0.15, 0.2) is 12.4 Å². The van der Waals surface area contributed by atoms with E-state index in [9.17, 15) is 0 Å². The van der Waals surface area contributed by atoms with Gasteiger partial charge in [-0.2, -0.15) is 0 Å². The Morgan fingerprint density at radius 2 is 2.18 bits per heavy atom. The highest BCUT2D eigenvalue weighted by Crippen LogP contribution is 2.29. The number of anilines is 1. The summed E-state index contributed by atoms with van der Waals surface area (Å²) in [5, 5.41) is 3.47. The summed E-state index contributed by atoms with van der Waals surface area (Å²) in [6, 6.07) is 0. The molecule has 2 fully saturated rings. The summed E-state index contributed by atoms with van der Waals surface area (Å²) in [6.45, 7) is 6.24. The van der Waals surface area contributed by atoms with Crippen molar-refractivity contribution in [2.75, 3.05) is 44.8 Å². The van der Waals surface area contributed by atoms with Crippen LogP contribution in [0.4, 0.5) is 5.95 Å². The van der Waals surface area contributed by atoms with Gasteiger partial charge in [-0.15, -0.1) is 0 Å². The molecule has 5 heteroatoms. The van der Waals surface area contributed by atoms with Crippen LogP contribution in [0.3, 0.4) is 0 Å². The van der Waals surface area contributed by atoms with E-state index in [1.165, 1.54) is 13.1 Å². The molecule has 0 aromatic carbocycles. The third-order valence-corrected chi connectivity index (χ3v) is 3.90. The molecule has 1 aromatic heterocycles. The van der Waals surface area contributed by atoms with Crippen molar-refractivity contribution >= 4 is 5.95 Å². The molecule has 3 heterocycles. The smallest absolute Gasteiger partial charge is 0.205 e. The Morgan fingerprint density at radius 1 is 1.41 bits per heavy atom. The van der Waals surface area contributed by atoms with Crippen LogP contribution in [0.25, 0.3) is 0 Å². The van der Waals surface area contributed by atoms with Crippen LogP contribution in [0, 0.1) is 11.8 Å². The van der Waals surface area contributed by atoms with Crippen LogP contribution >= 0.6 is 0 Å². The molecule has 0 spiro atoms. The zero-order valence-electron chi connectivity index (χ0n) is 10.3. The third-order valence-electron chi connectivity index (χ3n) is 3.90. The highest BCUT2D eigenvalue weighted by Gasteiger charge is 2.37. The number of imidazole rings is 1. The van der Waals surface area contributed by atoms with E-state index in [-0.39, 0.29) is 0 Å². The fourth-order valence-electron chi connectivity index (χ4n) is 2.97. The van der Waals surface area contributed by atoms with E-state index in [1.54, 1.807) is 7.11 Å². The fraction of sp³-hybridized carbons (Fsp3) is 0.750. The minimum atomic E-state index is 0.742. The first-order valence-corrected chi connectivity index (χ1v) is 6.34. The standard InChI is InChI=1S/C12H20N4O/c1-17-5-4-15-3-2-14-12(15)16-8-10-6-13-7-11(10)9-16/h2-3,10-11,13H,4-9H2,1H3/t10-,11+. The molecule has 0 bridgehead atoms. The molecule has 0 aliphatic carbocycles. The molecule has 2 atom stereocenters. The van der Waals surface area contributed by atoms with E-state index in [1.807, 2.05) is 12.4 Å². The average Bonchev–Trinajstić information content (AvgIpc) is 2.99. The molecule has 2 aliphatic rings. The molecule has 0 unspecified atom stereocenters. The summed E-state index contributed by atoms with van der Waals surface area (Å²) in [4.78, 5) is 6.91. The Hall–Kier alpha value is -1.07. The maximum Gasteiger partial charge on any atom is 0.205 e. The summed E-state index contributed by atoms with van der Waals surface area (Å²) < 4.78 is 7.32. The molecule has 0 radical (unpaired) electrons. The van der Waals surface area contributed by atoms with Gasteiger partial charge in [0, 0.05) is 52.2 Å². The molecule has 0 amide bonds. The Morgan fingerprint density at radius 3 is 2.88 bits per heavy atom. The van der Waals surface area contributed by atoms with Crippen molar-refractivity contribution in [2.45, 2.75) is 6.54 Å². The predicted molar refractivity (Wildman–Crippen MR) is 66.2 cm³/mol. The van der Waals surface area contributed by atoms with E-state index in [4.69, 9.17) is 4.74 Å². The summed E-state index contributed by atoms with van der Waals surface area (Å²) in [6.07, 6.45) is 3.93. The van der Waals surface area contributed by atoms with Crippen molar-refractivity contribution in [3.8, 4) is 0 Å². The lowest BCUT2D eigenvalue weighted by Gasteiger charge is -2.19. The SMILES string of the molecule is COCCn1ccnc1N1C[C@H]2CNC[C@H]2C1. The normalized spacial score (nSPS) is 27.7. The Balaban J connectivity index is 1.70. The summed E-state index contributed by atoms with van der Waals surface area (Å²) in [5.41, 5.74) is 0. The van der Waals surface area contributed by atoms with Crippen LogP contribution in [0.5, 0.6) is 0 Å². The molecule has 1 N–H and O–H groups in total. The first kappa shape index (κ1) is 11.0. The number of nitrogens with zero attached hydrogens (tertiary/aromatic N) is 3.